The third-order valence-corrected chi connectivity index (χ3v) is 6.14. The number of methoxy groups -OCH3 is 1. The molecule has 2 aromatic rings. The molecule has 0 aliphatic rings. The number of hydrogen-bond donors (Lipinski definition) is 0. The molecule has 0 saturated carbocycles. The van der Waals surface area contributed by atoms with Gasteiger partial charge in [0, 0.05) is 5.75 Å². The quantitative estimate of drug-likeness (QED) is 0.385. The van der Waals surface area contributed by atoms with Crippen LogP contribution in [0.3, 0.4) is 0 Å². The topological polar surface area (TPSA) is 32.3 Å². The molecule has 0 heterocycles. The molecule has 0 radical (unpaired) electrons. The summed E-state index contributed by atoms with van der Waals surface area (Å²) < 4.78 is 17.2. The van der Waals surface area contributed by atoms with Gasteiger partial charge in [-0.3, -0.25) is 0 Å². The Hall–Kier alpha value is -1.01. The van der Waals surface area contributed by atoms with E-state index in [1.54, 1.807) is 28.7 Å². The van der Waals surface area contributed by atoms with Crippen LogP contribution in [0.2, 0.25) is 0 Å². The summed E-state index contributed by atoms with van der Waals surface area (Å²) in [4.78, 5) is 0.826. The molecule has 0 aliphatic heterocycles. The Bertz CT molecular complexity index is 570. The summed E-state index contributed by atoms with van der Waals surface area (Å²) >= 11 is -1.00. The standard InChI is InChI=1S/C17H18O2S3/c1-19-16-8-10-17(11-9-16)22(18)13-5-12-20-21-14-15-6-3-2-4-7-15/h2-12H,13-14H2,1H3/b12-5+. The average molecular weight is 351 g/mol. The monoisotopic (exact) mass is 350 g/mol. The van der Waals surface area contributed by atoms with E-state index in [0.717, 1.165) is 16.4 Å². The van der Waals surface area contributed by atoms with Crippen molar-refractivity contribution in [2.45, 2.75) is 10.6 Å². The van der Waals surface area contributed by atoms with Crippen LogP contribution >= 0.6 is 21.6 Å². The second-order valence-electron chi connectivity index (χ2n) is 4.40. The highest BCUT2D eigenvalue weighted by Crippen LogP contribution is 2.27. The van der Waals surface area contributed by atoms with Crippen LogP contribution in [0.5, 0.6) is 5.75 Å². The molecule has 0 bridgehead atoms. The van der Waals surface area contributed by atoms with Crippen LogP contribution in [-0.2, 0) is 16.9 Å². The molecule has 0 saturated heterocycles. The van der Waals surface area contributed by atoms with Crippen molar-refractivity contribution in [3.8, 4) is 5.75 Å². The van der Waals surface area contributed by atoms with Crippen LogP contribution in [0.15, 0.2) is 71.0 Å². The van der Waals surface area contributed by atoms with Gasteiger partial charge < -0.3 is 9.29 Å². The first-order valence-electron chi connectivity index (χ1n) is 6.79. The predicted molar refractivity (Wildman–Crippen MR) is 98.7 cm³/mol. The number of ether oxygens (including phenoxy) is 1. The smallest absolute Gasteiger partial charge is 0.153 e. The van der Waals surface area contributed by atoms with Gasteiger partial charge in [0.2, 0.25) is 0 Å². The Morgan fingerprint density at radius 3 is 2.50 bits per heavy atom. The number of hydrogen-bond acceptors (Lipinski definition) is 4. The van der Waals surface area contributed by atoms with Crippen molar-refractivity contribution in [2.24, 2.45) is 0 Å². The lowest BCUT2D eigenvalue weighted by Gasteiger charge is -2.08. The van der Waals surface area contributed by atoms with E-state index in [2.05, 4.69) is 24.3 Å². The van der Waals surface area contributed by atoms with E-state index in [1.807, 2.05) is 41.8 Å². The van der Waals surface area contributed by atoms with E-state index in [-0.39, 0.29) is 0 Å². The Morgan fingerprint density at radius 1 is 1.09 bits per heavy atom. The second-order valence-corrected chi connectivity index (χ2v) is 8.17. The Labute approximate surface area is 142 Å². The minimum Gasteiger partial charge on any atom is -0.611 e. The molecular weight excluding hydrogens is 332 g/mol. The van der Waals surface area contributed by atoms with Crippen LogP contribution in [-0.4, -0.2) is 17.4 Å². The van der Waals surface area contributed by atoms with Crippen molar-refractivity contribution in [1.29, 1.82) is 0 Å². The van der Waals surface area contributed by atoms with Crippen molar-refractivity contribution >= 4 is 32.8 Å². The molecule has 116 valence electrons. The van der Waals surface area contributed by atoms with E-state index in [1.165, 1.54) is 5.56 Å². The zero-order chi connectivity index (χ0) is 15.6. The van der Waals surface area contributed by atoms with Gasteiger partial charge in [0.25, 0.3) is 0 Å². The molecule has 0 aromatic heterocycles. The SMILES string of the molecule is COc1ccc([S+]([O-])C/C=C/SSCc2ccccc2)cc1. The van der Waals surface area contributed by atoms with Gasteiger partial charge in [0.15, 0.2) is 4.90 Å². The van der Waals surface area contributed by atoms with E-state index in [4.69, 9.17) is 4.74 Å². The molecule has 1 unspecified atom stereocenters. The zero-order valence-electron chi connectivity index (χ0n) is 12.3. The van der Waals surface area contributed by atoms with Crippen LogP contribution < -0.4 is 4.74 Å². The van der Waals surface area contributed by atoms with Gasteiger partial charge in [-0.25, -0.2) is 0 Å². The van der Waals surface area contributed by atoms with E-state index in [0.29, 0.717) is 5.75 Å². The summed E-state index contributed by atoms with van der Waals surface area (Å²) in [5.41, 5.74) is 1.32. The van der Waals surface area contributed by atoms with Crippen molar-refractivity contribution in [3.63, 3.8) is 0 Å². The predicted octanol–water partition coefficient (Wildman–Crippen LogP) is 4.90. The van der Waals surface area contributed by atoms with Crippen LogP contribution in [0.4, 0.5) is 0 Å². The maximum Gasteiger partial charge on any atom is 0.153 e. The number of rotatable bonds is 8. The summed E-state index contributed by atoms with van der Waals surface area (Å²) in [5.74, 6) is 2.28. The van der Waals surface area contributed by atoms with Gasteiger partial charge in [-0.15, -0.1) is 0 Å². The molecule has 0 amide bonds. The zero-order valence-corrected chi connectivity index (χ0v) is 14.8. The lowest BCUT2D eigenvalue weighted by atomic mass is 10.2. The van der Waals surface area contributed by atoms with Gasteiger partial charge >= 0.3 is 0 Å². The normalized spacial score (nSPS) is 12.5. The maximum absolute atomic E-state index is 12.1. The largest absolute Gasteiger partial charge is 0.611 e. The highest BCUT2D eigenvalue weighted by atomic mass is 33.1. The van der Waals surface area contributed by atoms with Gasteiger partial charge in [0.1, 0.15) is 11.5 Å². The van der Waals surface area contributed by atoms with Crippen LogP contribution in [0.1, 0.15) is 5.56 Å². The summed E-state index contributed by atoms with van der Waals surface area (Å²) in [6.45, 7) is 0. The van der Waals surface area contributed by atoms with Gasteiger partial charge in [0.05, 0.1) is 7.11 Å². The van der Waals surface area contributed by atoms with Gasteiger partial charge in [-0.05, 0) is 52.5 Å². The molecular formula is C17H18O2S3. The molecule has 2 nitrogen and oxygen atoms in total. The Morgan fingerprint density at radius 2 is 1.82 bits per heavy atom. The third-order valence-electron chi connectivity index (χ3n) is 2.86. The first kappa shape index (κ1) is 17.3. The van der Waals surface area contributed by atoms with Crippen molar-refractivity contribution < 1.29 is 9.29 Å². The third kappa shape index (κ3) is 6.01. The van der Waals surface area contributed by atoms with Crippen molar-refractivity contribution in [1.82, 2.24) is 0 Å². The molecule has 2 aromatic carbocycles. The van der Waals surface area contributed by atoms with E-state index >= 15 is 0 Å². The van der Waals surface area contributed by atoms with Crippen molar-refractivity contribution in [2.75, 3.05) is 12.9 Å². The summed E-state index contributed by atoms with van der Waals surface area (Å²) in [6, 6.07) is 17.7. The fraction of sp³-hybridized carbons (Fsp3) is 0.176. The fourth-order valence-corrected chi connectivity index (χ4v) is 4.46. The molecule has 2 rings (SSSR count). The fourth-order valence-electron chi connectivity index (χ4n) is 1.71. The molecule has 0 N–H and O–H groups in total. The van der Waals surface area contributed by atoms with Gasteiger partial charge in [-0.2, -0.15) is 0 Å². The van der Waals surface area contributed by atoms with Gasteiger partial charge in [-0.1, -0.05) is 51.9 Å². The Balaban J connectivity index is 1.68. The highest BCUT2D eigenvalue weighted by molar-refractivity contribution is 8.77. The summed E-state index contributed by atoms with van der Waals surface area (Å²) in [5, 5.41) is 2.01. The summed E-state index contributed by atoms with van der Waals surface area (Å²) in [7, 11) is 5.07. The minimum absolute atomic E-state index is 0.533. The molecule has 0 fully saturated rings. The average Bonchev–Trinajstić information content (AvgIpc) is 2.58. The van der Waals surface area contributed by atoms with E-state index < -0.39 is 11.2 Å². The Kier molecular flexibility index (Phi) is 7.80. The first-order valence-corrected chi connectivity index (χ1v) is 10.5. The second kappa shape index (κ2) is 9.90. The first-order chi connectivity index (χ1) is 10.8. The minimum atomic E-state index is -1.00. The summed E-state index contributed by atoms with van der Waals surface area (Å²) in [6.07, 6.45) is 1.96. The molecule has 22 heavy (non-hydrogen) atoms. The number of benzene rings is 2. The highest BCUT2D eigenvalue weighted by Gasteiger charge is 2.08. The molecule has 0 aliphatic carbocycles. The van der Waals surface area contributed by atoms with Crippen molar-refractivity contribution in [3.05, 3.63) is 71.6 Å². The molecule has 5 heteroatoms. The molecule has 1 atom stereocenters. The maximum atomic E-state index is 12.1. The lowest BCUT2D eigenvalue weighted by Crippen LogP contribution is -2.04. The molecule has 0 spiro atoms. The lowest BCUT2D eigenvalue weighted by molar-refractivity contribution is 0.414. The van der Waals surface area contributed by atoms with Crippen LogP contribution in [0.25, 0.3) is 0 Å². The van der Waals surface area contributed by atoms with E-state index in [9.17, 15) is 4.55 Å². The van der Waals surface area contributed by atoms with Crippen LogP contribution in [0, 0.1) is 0 Å².